The Morgan fingerprint density at radius 2 is 1.67 bits per heavy atom. The number of hydrogen-bond donors (Lipinski definition) is 1. The molecule has 3 rings (SSSR count). The van der Waals surface area contributed by atoms with Crippen LogP contribution in [-0.4, -0.2) is 30.4 Å². The van der Waals surface area contributed by atoms with Gasteiger partial charge in [0.2, 0.25) is 0 Å². The molecule has 144 valence electrons. The van der Waals surface area contributed by atoms with Gasteiger partial charge in [-0.1, -0.05) is 30.3 Å². The van der Waals surface area contributed by atoms with Crippen molar-refractivity contribution in [1.29, 1.82) is 0 Å². The lowest BCUT2D eigenvalue weighted by atomic mass is 9.90. The summed E-state index contributed by atoms with van der Waals surface area (Å²) in [6, 6.07) is 15.2. The van der Waals surface area contributed by atoms with E-state index in [4.69, 9.17) is 0 Å². The van der Waals surface area contributed by atoms with Crippen LogP contribution >= 0.6 is 0 Å². The molecular formula is C20H21F3N2O2. The van der Waals surface area contributed by atoms with Crippen molar-refractivity contribution in [3.63, 3.8) is 0 Å². The first-order chi connectivity index (χ1) is 12.9. The van der Waals surface area contributed by atoms with E-state index in [-0.39, 0.29) is 11.8 Å². The molecular weight excluding hydrogens is 357 g/mol. The molecule has 7 heteroatoms. The minimum absolute atomic E-state index is 0.238. The number of urea groups is 1. The number of halogens is 3. The average Bonchev–Trinajstić information content (AvgIpc) is 2.63. The molecule has 1 N–H and O–H groups in total. The summed E-state index contributed by atoms with van der Waals surface area (Å²) in [6.07, 6.45) is -1.85. The third kappa shape index (κ3) is 5.91. The van der Waals surface area contributed by atoms with Gasteiger partial charge in [-0.2, -0.15) is 0 Å². The van der Waals surface area contributed by atoms with Crippen LogP contribution < -0.4 is 10.1 Å². The van der Waals surface area contributed by atoms with Crippen LogP contribution in [-0.2, 0) is 6.42 Å². The second-order valence-electron chi connectivity index (χ2n) is 6.62. The zero-order valence-electron chi connectivity index (χ0n) is 14.7. The Bertz CT molecular complexity index is 740. The number of carbonyl (C=O) groups excluding carboxylic acids is 1. The first kappa shape index (κ1) is 19.1. The number of amides is 2. The lowest BCUT2D eigenvalue weighted by Gasteiger charge is -2.32. The second-order valence-corrected chi connectivity index (χ2v) is 6.62. The van der Waals surface area contributed by atoms with E-state index >= 15 is 0 Å². The molecule has 0 aromatic heterocycles. The smallest absolute Gasteiger partial charge is 0.406 e. The summed E-state index contributed by atoms with van der Waals surface area (Å²) in [4.78, 5) is 14.1. The summed E-state index contributed by atoms with van der Waals surface area (Å²) in [6.45, 7) is 1.33. The van der Waals surface area contributed by atoms with E-state index < -0.39 is 6.36 Å². The average molecular weight is 378 g/mol. The molecule has 0 saturated carbocycles. The number of piperidine rings is 1. The number of anilines is 1. The van der Waals surface area contributed by atoms with Crippen molar-refractivity contribution in [1.82, 2.24) is 4.90 Å². The monoisotopic (exact) mass is 378 g/mol. The number of benzene rings is 2. The fourth-order valence-electron chi connectivity index (χ4n) is 3.23. The highest BCUT2D eigenvalue weighted by Gasteiger charge is 2.31. The van der Waals surface area contributed by atoms with Crippen molar-refractivity contribution in [3.8, 4) is 5.75 Å². The standard InChI is InChI=1S/C20H21F3N2O2/c21-20(22,23)27-18-8-6-17(7-9-18)24-19(26)25-12-10-16(11-13-25)14-15-4-2-1-3-5-15/h1-9,16H,10-14H2,(H,24,26). The van der Waals surface area contributed by atoms with Crippen LogP contribution in [0.4, 0.5) is 23.7 Å². The molecule has 1 fully saturated rings. The van der Waals surface area contributed by atoms with Crippen LogP contribution in [0, 0.1) is 5.92 Å². The highest BCUT2D eigenvalue weighted by Crippen LogP contribution is 2.25. The van der Waals surface area contributed by atoms with Crippen molar-refractivity contribution >= 4 is 11.7 Å². The van der Waals surface area contributed by atoms with Crippen molar-refractivity contribution in [2.75, 3.05) is 18.4 Å². The quantitative estimate of drug-likeness (QED) is 0.807. The van der Waals surface area contributed by atoms with E-state index in [0.29, 0.717) is 24.7 Å². The Morgan fingerprint density at radius 3 is 2.26 bits per heavy atom. The number of carbonyl (C=O) groups is 1. The van der Waals surface area contributed by atoms with E-state index in [9.17, 15) is 18.0 Å². The maximum absolute atomic E-state index is 12.3. The minimum Gasteiger partial charge on any atom is -0.406 e. The van der Waals surface area contributed by atoms with E-state index in [1.807, 2.05) is 18.2 Å². The molecule has 0 spiro atoms. The van der Waals surface area contributed by atoms with Crippen LogP contribution in [0.2, 0.25) is 0 Å². The molecule has 0 radical (unpaired) electrons. The van der Waals surface area contributed by atoms with Crippen LogP contribution in [0.3, 0.4) is 0 Å². The molecule has 1 heterocycles. The Balaban J connectivity index is 1.46. The molecule has 1 aliphatic heterocycles. The number of hydrogen-bond acceptors (Lipinski definition) is 2. The Hall–Kier alpha value is -2.70. The first-order valence-corrected chi connectivity index (χ1v) is 8.85. The molecule has 2 amide bonds. The number of nitrogens with zero attached hydrogens (tertiary/aromatic N) is 1. The lowest BCUT2D eigenvalue weighted by molar-refractivity contribution is -0.274. The Labute approximate surface area is 155 Å². The zero-order chi connectivity index (χ0) is 19.3. The van der Waals surface area contributed by atoms with Crippen LogP contribution in [0.5, 0.6) is 5.75 Å². The van der Waals surface area contributed by atoms with Gasteiger partial charge >= 0.3 is 12.4 Å². The normalized spacial score (nSPS) is 15.4. The molecule has 1 saturated heterocycles. The third-order valence-electron chi connectivity index (χ3n) is 4.61. The SMILES string of the molecule is O=C(Nc1ccc(OC(F)(F)F)cc1)N1CCC(Cc2ccccc2)CC1. The van der Waals surface area contributed by atoms with Crippen molar-refractivity contribution in [2.24, 2.45) is 5.92 Å². The highest BCUT2D eigenvalue weighted by atomic mass is 19.4. The van der Waals surface area contributed by atoms with E-state index in [0.717, 1.165) is 19.3 Å². The van der Waals surface area contributed by atoms with Gasteiger partial charge in [-0.25, -0.2) is 4.79 Å². The van der Waals surface area contributed by atoms with Gasteiger partial charge in [-0.15, -0.1) is 13.2 Å². The van der Waals surface area contributed by atoms with Gasteiger partial charge in [0.1, 0.15) is 5.75 Å². The zero-order valence-corrected chi connectivity index (χ0v) is 14.7. The Morgan fingerprint density at radius 1 is 1.04 bits per heavy atom. The van der Waals surface area contributed by atoms with E-state index in [2.05, 4.69) is 22.2 Å². The maximum Gasteiger partial charge on any atom is 0.573 e. The molecule has 2 aromatic rings. The Kier molecular flexibility index (Phi) is 5.88. The maximum atomic E-state index is 12.3. The van der Waals surface area contributed by atoms with Crippen LogP contribution in [0.15, 0.2) is 54.6 Å². The molecule has 0 unspecified atom stereocenters. The summed E-state index contributed by atoms with van der Waals surface area (Å²) in [5.41, 5.74) is 1.74. The lowest BCUT2D eigenvalue weighted by Crippen LogP contribution is -2.41. The van der Waals surface area contributed by atoms with Gasteiger partial charge in [0.25, 0.3) is 0 Å². The predicted octanol–water partition coefficient (Wildman–Crippen LogP) is 5.07. The van der Waals surface area contributed by atoms with E-state index in [1.54, 1.807) is 4.90 Å². The van der Waals surface area contributed by atoms with Gasteiger partial charge in [-0.05, 0) is 55.0 Å². The minimum atomic E-state index is -4.73. The summed E-state index contributed by atoms with van der Waals surface area (Å²) in [5.74, 6) is 0.234. The molecule has 1 aliphatic rings. The number of rotatable bonds is 4. The number of likely N-dealkylation sites (tertiary alicyclic amines) is 1. The van der Waals surface area contributed by atoms with Gasteiger partial charge in [0.15, 0.2) is 0 Å². The number of alkyl halides is 3. The van der Waals surface area contributed by atoms with Crippen LogP contribution in [0.25, 0.3) is 0 Å². The molecule has 4 nitrogen and oxygen atoms in total. The van der Waals surface area contributed by atoms with Gasteiger partial charge in [-0.3, -0.25) is 0 Å². The van der Waals surface area contributed by atoms with Crippen molar-refractivity contribution in [2.45, 2.75) is 25.6 Å². The number of ether oxygens (including phenoxy) is 1. The predicted molar refractivity (Wildman–Crippen MR) is 96.6 cm³/mol. The van der Waals surface area contributed by atoms with Crippen LogP contribution in [0.1, 0.15) is 18.4 Å². The molecule has 0 aliphatic carbocycles. The van der Waals surface area contributed by atoms with E-state index in [1.165, 1.54) is 29.8 Å². The van der Waals surface area contributed by atoms with Gasteiger partial charge in [0, 0.05) is 18.8 Å². The summed E-state index contributed by atoms with van der Waals surface area (Å²) >= 11 is 0. The largest absolute Gasteiger partial charge is 0.573 e. The third-order valence-corrected chi connectivity index (χ3v) is 4.61. The highest BCUT2D eigenvalue weighted by molar-refractivity contribution is 5.89. The first-order valence-electron chi connectivity index (χ1n) is 8.85. The number of nitrogens with one attached hydrogen (secondary N) is 1. The van der Waals surface area contributed by atoms with Gasteiger partial charge < -0.3 is 15.0 Å². The molecule has 0 atom stereocenters. The van der Waals surface area contributed by atoms with Crippen molar-refractivity contribution < 1.29 is 22.7 Å². The summed E-state index contributed by atoms with van der Waals surface area (Å²) in [7, 11) is 0. The van der Waals surface area contributed by atoms with Crippen molar-refractivity contribution in [3.05, 3.63) is 60.2 Å². The molecule has 2 aromatic carbocycles. The summed E-state index contributed by atoms with van der Waals surface area (Å²) in [5, 5.41) is 2.72. The topological polar surface area (TPSA) is 41.6 Å². The summed E-state index contributed by atoms with van der Waals surface area (Å²) < 4.78 is 40.3. The van der Waals surface area contributed by atoms with Gasteiger partial charge in [0.05, 0.1) is 0 Å². The molecule has 0 bridgehead atoms. The molecule has 27 heavy (non-hydrogen) atoms. The second kappa shape index (κ2) is 8.33. The fourth-order valence-corrected chi connectivity index (χ4v) is 3.23. The fraction of sp³-hybridized carbons (Fsp3) is 0.350.